The highest BCUT2D eigenvalue weighted by molar-refractivity contribution is 5.99. The molecule has 1 fully saturated rings. The third-order valence-electron chi connectivity index (χ3n) is 4.59. The summed E-state index contributed by atoms with van der Waals surface area (Å²) >= 11 is 0. The fraction of sp³-hybridized carbons (Fsp3) is 0.857. The van der Waals surface area contributed by atoms with Gasteiger partial charge in [0.25, 0.3) is 0 Å². The van der Waals surface area contributed by atoms with Crippen LogP contribution in [-0.2, 0) is 9.59 Å². The topological polar surface area (TPSA) is 74.6 Å². The summed E-state index contributed by atoms with van der Waals surface area (Å²) in [5, 5.41) is 19.2. The molecule has 0 aromatic carbocycles. The molecule has 5 heteroatoms. The molecule has 0 amide bonds. The predicted molar refractivity (Wildman–Crippen MR) is 74.1 cm³/mol. The van der Waals surface area contributed by atoms with Gasteiger partial charge in [-0.1, -0.05) is 46.0 Å². The smallest absolute Gasteiger partial charge is 0.321 e. The monoisotopic (exact) mass is 280 g/mol. The van der Waals surface area contributed by atoms with Gasteiger partial charge >= 0.3 is 11.9 Å². The largest absolute Gasteiger partial charge is 0.480 e. The summed E-state index contributed by atoms with van der Waals surface area (Å²) in [4.78, 5) is 23.5. The Morgan fingerprint density at radius 3 is 1.79 bits per heavy atom. The molecule has 1 aliphatic carbocycles. The molecule has 2 N–H and O–H groups in total. The van der Waals surface area contributed by atoms with Crippen LogP contribution in [0.3, 0.4) is 0 Å². The summed E-state index contributed by atoms with van der Waals surface area (Å²) in [6.45, 7) is 3.77. The van der Waals surface area contributed by atoms with Gasteiger partial charge in [-0.05, 0) is 24.7 Å². The lowest BCUT2D eigenvalue weighted by molar-refractivity contribution is -0.177. The minimum absolute atomic E-state index is 0. The van der Waals surface area contributed by atoms with Crippen molar-refractivity contribution in [3.63, 3.8) is 0 Å². The van der Waals surface area contributed by atoms with Gasteiger partial charge in [0.1, 0.15) is 0 Å². The maximum absolute atomic E-state index is 11.7. The number of rotatable bonds is 6. The Kier molecular flexibility index (Phi) is 7.97. The van der Waals surface area contributed by atoms with E-state index in [2.05, 4.69) is 0 Å². The summed E-state index contributed by atoms with van der Waals surface area (Å²) in [5.74, 6) is -2.78. The Morgan fingerprint density at radius 2 is 1.47 bits per heavy atom. The maximum Gasteiger partial charge on any atom is 0.321 e. The van der Waals surface area contributed by atoms with E-state index in [-0.39, 0.29) is 34.9 Å². The van der Waals surface area contributed by atoms with Gasteiger partial charge in [-0.2, -0.15) is 0 Å². The Morgan fingerprint density at radius 1 is 1.05 bits per heavy atom. The summed E-state index contributed by atoms with van der Waals surface area (Å²) in [6.07, 6.45) is 5.66. The van der Waals surface area contributed by atoms with Crippen LogP contribution in [0.2, 0.25) is 0 Å². The van der Waals surface area contributed by atoms with E-state index in [1.165, 1.54) is 0 Å². The van der Waals surface area contributed by atoms with Crippen molar-refractivity contribution in [1.29, 1.82) is 0 Å². The van der Waals surface area contributed by atoms with Crippen molar-refractivity contribution in [2.75, 3.05) is 0 Å². The minimum atomic E-state index is -1.58. The molecule has 2 radical (unpaired) electrons. The number of carboxylic acids is 2. The lowest BCUT2D eigenvalue weighted by atomic mass is 9.60. The highest BCUT2D eigenvalue weighted by Gasteiger charge is 2.56. The molecule has 0 spiro atoms. The zero-order chi connectivity index (χ0) is 13.8. The third-order valence-corrected chi connectivity index (χ3v) is 4.59. The molecular weight excluding hydrogens is 256 g/mol. The second-order valence-electron chi connectivity index (χ2n) is 5.33. The lowest BCUT2D eigenvalue weighted by Gasteiger charge is -2.40. The van der Waals surface area contributed by atoms with E-state index >= 15 is 0 Å². The normalized spacial score (nSPS) is 17.0. The molecule has 0 aromatic heterocycles. The lowest BCUT2D eigenvalue weighted by Crippen LogP contribution is -2.51. The Labute approximate surface area is 131 Å². The molecule has 1 saturated carbocycles. The summed E-state index contributed by atoms with van der Waals surface area (Å²) in [5.41, 5.74) is -1.58. The average molecular weight is 281 g/mol. The molecule has 0 aromatic rings. The van der Waals surface area contributed by atoms with E-state index in [1.807, 2.05) is 13.8 Å². The van der Waals surface area contributed by atoms with Gasteiger partial charge in [-0.3, -0.25) is 9.59 Å². The molecular formula is C14H24MgO4. The van der Waals surface area contributed by atoms with Gasteiger partial charge < -0.3 is 10.2 Å². The van der Waals surface area contributed by atoms with Gasteiger partial charge in [-0.15, -0.1) is 0 Å². The minimum Gasteiger partial charge on any atom is -0.480 e. The SMILES string of the molecule is CCC(CC)C(C(=O)O)(C(=O)O)C1CCCCC1.[Mg]. The van der Waals surface area contributed by atoms with Gasteiger partial charge in [0.05, 0.1) is 0 Å². The van der Waals surface area contributed by atoms with Gasteiger partial charge in [0.2, 0.25) is 0 Å². The van der Waals surface area contributed by atoms with Crippen LogP contribution in [0.25, 0.3) is 0 Å². The second-order valence-corrected chi connectivity index (χ2v) is 5.33. The van der Waals surface area contributed by atoms with Gasteiger partial charge in [0, 0.05) is 23.1 Å². The van der Waals surface area contributed by atoms with Crippen LogP contribution in [0.4, 0.5) is 0 Å². The van der Waals surface area contributed by atoms with Crippen LogP contribution in [-0.4, -0.2) is 45.2 Å². The summed E-state index contributed by atoms with van der Waals surface area (Å²) in [7, 11) is 0. The number of hydrogen-bond donors (Lipinski definition) is 2. The van der Waals surface area contributed by atoms with Crippen molar-refractivity contribution < 1.29 is 19.8 Å². The van der Waals surface area contributed by atoms with E-state index in [0.717, 1.165) is 32.1 Å². The number of aliphatic carboxylic acids is 2. The standard InChI is InChI=1S/C14H24O4.Mg/c1-3-10(4-2)14(12(15)16,13(17)18)11-8-6-5-7-9-11;/h10-11H,3-9H2,1-2H3,(H,15,16)(H,17,18);. The molecule has 0 heterocycles. The van der Waals surface area contributed by atoms with Crippen molar-refractivity contribution in [2.45, 2.75) is 58.8 Å². The number of carboxylic acid groups (broad SMARTS) is 2. The van der Waals surface area contributed by atoms with Gasteiger partial charge in [-0.25, -0.2) is 0 Å². The Bertz CT molecular complexity index is 293. The second kappa shape index (κ2) is 8.10. The van der Waals surface area contributed by atoms with E-state index in [0.29, 0.717) is 12.8 Å². The fourth-order valence-electron chi connectivity index (χ4n) is 3.61. The zero-order valence-corrected chi connectivity index (χ0v) is 13.4. The van der Waals surface area contributed by atoms with Crippen LogP contribution in [0, 0.1) is 17.3 Å². The van der Waals surface area contributed by atoms with Crippen LogP contribution >= 0.6 is 0 Å². The van der Waals surface area contributed by atoms with Crippen molar-refractivity contribution in [3.8, 4) is 0 Å². The molecule has 4 nitrogen and oxygen atoms in total. The number of carbonyl (C=O) groups is 2. The molecule has 0 unspecified atom stereocenters. The Hall–Kier alpha value is -0.294. The predicted octanol–water partition coefficient (Wildman–Crippen LogP) is 2.78. The van der Waals surface area contributed by atoms with Crippen molar-refractivity contribution in [2.24, 2.45) is 17.3 Å². The van der Waals surface area contributed by atoms with E-state index in [1.54, 1.807) is 0 Å². The average Bonchev–Trinajstić information content (AvgIpc) is 2.35. The first-order chi connectivity index (χ1) is 8.51. The Balaban J connectivity index is 0.00000324. The van der Waals surface area contributed by atoms with Crippen LogP contribution in [0.5, 0.6) is 0 Å². The summed E-state index contributed by atoms with van der Waals surface area (Å²) < 4.78 is 0. The van der Waals surface area contributed by atoms with Crippen LogP contribution in [0.15, 0.2) is 0 Å². The van der Waals surface area contributed by atoms with E-state index in [4.69, 9.17) is 0 Å². The molecule has 1 aliphatic rings. The van der Waals surface area contributed by atoms with Crippen molar-refractivity contribution in [3.05, 3.63) is 0 Å². The van der Waals surface area contributed by atoms with Crippen molar-refractivity contribution in [1.82, 2.24) is 0 Å². The molecule has 0 saturated heterocycles. The maximum atomic E-state index is 11.7. The summed E-state index contributed by atoms with van der Waals surface area (Å²) in [6, 6.07) is 0. The van der Waals surface area contributed by atoms with E-state index < -0.39 is 17.4 Å². The van der Waals surface area contributed by atoms with Gasteiger partial charge in [0.15, 0.2) is 5.41 Å². The first-order valence-corrected chi connectivity index (χ1v) is 6.98. The molecule has 0 aliphatic heterocycles. The number of hydrogen-bond acceptors (Lipinski definition) is 2. The molecule has 106 valence electrons. The molecule has 1 rings (SSSR count). The quantitative estimate of drug-likeness (QED) is 0.579. The zero-order valence-electron chi connectivity index (χ0n) is 12.0. The first kappa shape index (κ1) is 18.7. The van der Waals surface area contributed by atoms with Crippen molar-refractivity contribution >= 4 is 35.0 Å². The first-order valence-electron chi connectivity index (χ1n) is 6.98. The van der Waals surface area contributed by atoms with Crippen LogP contribution in [0.1, 0.15) is 58.8 Å². The molecule has 0 bridgehead atoms. The third kappa shape index (κ3) is 3.43. The molecule has 0 atom stereocenters. The highest BCUT2D eigenvalue weighted by atomic mass is 24.3. The molecule has 19 heavy (non-hydrogen) atoms. The highest BCUT2D eigenvalue weighted by Crippen LogP contribution is 2.47. The fourth-order valence-corrected chi connectivity index (χ4v) is 3.61. The van der Waals surface area contributed by atoms with E-state index in [9.17, 15) is 19.8 Å². The van der Waals surface area contributed by atoms with Crippen LogP contribution < -0.4 is 0 Å².